The van der Waals surface area contributed by atoms with Crippen LogP contribution in [-0.4, -0.2) is 101 Å². The van der Waals surface area contributed by atoms with Crippen molar-refractivity contribution in [1.82, 2.24) is 15.5 Å². The molecular formula is C22H42N10O5S. The predicted molar refractivity (Wildman–Crippen MR) is 147 cm³/mol. The van der Waals surface area contributed by atoms with Crippen molar-refractivity contribution in [1.29, 1.82) is 0 Å². The maximum Gasteiger partial charge on any atom is 0.326 e. The quantitative estimate of drug-likeness (QED) is 0.0513. The summed E-state index contributed by atoms with van der Waals surface area (Å²) in [5, 5.41) is 14.8. The number of nitrogens with one attached hydrogen (secondary N) is 2. The van der Waals surface area contributed by atoms with E-state index in [1.54, 1.807) is 11.8 Å². The lowest BCUT2D eigenvalue weighted by Gasteiger charge is -2.30. The Morgan fingerprint density at radius 1 is 0.974 bits per heavy atom. The zero-order chi connectivity index (χ0) is 28.7. The molecule has 3 amide bonds. The normalized spacial score (nSPS) is 17.1. The Morgan fingerprint density at radius 2 is 1.55 bits per heavy atom. The lowest BCUT2D eigenvalue weighted by molar-refractivity contribution is -0.145. The first-order chi connectivity index (χ1) is 18.0. The molecule has 15 nitrogen and oxygen atoms in total. The SMILES string of the molecule is CSCCC(N)C(=O)NC(CCCN=C(N)N)C(=O)N1CCCC1C(=O)NC(CCCN=C(N)N)C(=O)O. The lowest BCUT2D eigenvalue weighted by Crippen LogP contribution is -2.56. The summed E-state index contributed by atoms with van der Waals surface area (Å²) in [6.07, 6.45) is 4.32. The van der Waals surface area contributed by atoms with E-state index < -0.39 is 47.9 Å². The minimum Gasteiger partial charge on any atom is -0.480 e. The van der Waals surface area contributed by atoms with Gasteiger partial charge >= 0.3 is 5.97 Å². The van der Waals surface area contributed by atoms with Gasteiger partial charge < -0.3 is 49.3 Å². The van der Waals surface area contributed by atoms with Crippen LogP contribution in [0, 0.1) is 0 Å². The number of hydrogen-bond acceptors (Lipinski definition) is 8. The minimum atomic E-state index is -1.21. The molecule has 16 heteroatoms. The van der Waals surface area contributed by atoms with Gasteiger partial charge in [0.15, 0.2) is 11.9 Å². The smallest absolute Gasteiger partial charge is 0.326 e. The average molecular weight is 559 g/mol. The summed E-state index contributed by atoms with van der Waals surface area (Å²) in [6.45, 7) is 0.763. The van der Waals surface area contributed by atoms with Crippen molar-refractivity contribution in [3.05, 3.63) is 0 Å². The van der Waals surface area contributed by atoms with Crippen molar-refractivity contribution >= 4 is 47.4 Å². The van der Waals surface area contributed by atoms with E-state index in [9.17, 15) is 24.3 Å². The van der Waals surface area contributed by atoms with Crippen LogP contribution in [0.15, 0.2) is 9.98 Å². The molecule has 38 heavy (non-hydrogen) atoms. The van der Waals surface area contributed by atoms with Crippen molar-refractivity contribution in [3.63, 3.8) is 0 Å². The standard InChI is InChI=1S/C22H42N10O5S/c1-38-12-8-13(23)17(33)30-14(5-2-9-28-21(24)25)19(35)32-11-4-7-16(32)18(34)31-15(20(36)37)6-3-10-29-22(26)27/h13-16H,2-12,23H2,1H3,(H,30,33)(H,31,34)(H,36,37)(H4,24,25,28)(H4,26,27,29). The summed E-state index contributed by atoms with van der Waals surface area (Å²) in [4.78, 5) is 60.0. The molecule has 4 atom stereocenters. The van der Waals surface area contributed by atoms with Crippen molar-refractivity contribution < 1.29 is 24.3 Å². The molecule has 1 heterocycles. The number of aliphatic imine (C=N–C) groups is 2. The van der Waals surface area contributed by atoms with Crippen LogP contribution < -0.4 is 39.3 Å². The van der Waals surface area contributed by atoms with Crippen LogP contribution in [0.3, 0.4) is 0 Å². The van der Waals surface area contributed by atoms with Gasteiger partial charge in [0.05, 0.1) is 6.04 Å². The van der Waals surface area contributed by atoms with Crippen LogP contribution in [0.25, 0.3) is 0 Å². The van der Waals surface area contributed by atoms with Crippen molar-refractivity contribution in [2.75, 3.05) is 31.6 Å². The van der Waals surface area contributed by atoms with Crippen molar-refractivity contribution in [3.8, 4) is 0 Å². The first-order valence-corrected chi connectivity index (χ1v) is 13.9. The maximum atomic E-state index is 13.5. The van der Waals surface area contributed by atoms with Gasteiger partial charge in [0.25, 0.3) is 0 Å². The van der Waals surface area contributed by atoms with E-state index in [0.717, 1.165) is 0 Å². The van der Waals surface area contributed by atoms with Crippen LogP contribution in [0.4, 0.5) is 0 Å². The van der Waals surface area contributed by atoms with E-state index >= 15 is 0 Å². The van der Waals surface area contributed by atoms with Gasteiger partial charge in [-0.25, -0.2) is 4.79 Å². The van der Waals surface area contributed by atoms with Gasteiger partial charge in [-0.05, 0) is 57.0 Å². The third kappa shape index (κ3) is 11.9. The van der Waals surface area contributed by atoms with Gasteiger partial charge in [0, 0.05) is 19.6 Å². The molecule has 0 aromatic carbocycles. The largest absolute Gasteiger partial charge is 0.480 e. The van der Waals surface area contributed by atoms with Crippen LogP contribution in [0.2, 0.25) is 0 Å². The number of carbonyl (C=O) groups excluding carboxylic acids is 3. The molecule has 0 bridgehead atoms. The number of aliphatic carboxylic acids is 1. The molecule has 216 valence electrons. The number of likely N-dealkylation sites (tertiary alicyclic amines) is 1. The summed E-state index contributed by atoms with van der Waals surface area (Å²) in [5.41, 5.74) is 27.2. The average Bonchev–Trinajstić information content (AvgIpc) is 3.35. The molecule has 0 aliphatic carbocycles. The third-order valence-corrected chi connectivity index (χ3v) is 6.57. The number of carboxylic acid groups (broad SMARTS) is 1. The lowest BCUT2D eigenvalue weighted by atomic mass is 10.1. The Morgan fingerprint density at radius 3 is 2.08 bits per heavy atom. The monoisotopic (exact) mass is 558 g/mol. The molecule has 0 aromatic rings. The molecule has 0 saturated carbocycles. The number of rotatable bonds is 17. The van der Waals surface area contributed by atoms with E-state index in [-0.39, 0.29) is 44.4 Å². The minimum absolute atomic E-state index is 0.0847. The van der Waals surface area contributed by atoms with Crippen LogP contribution in [-0.2, 0) is 19.2 Å². The Kier molecular flexibility index (Phi) is 14.9. The highest BCUT2D eigenvalue weighted by molar-refractivity contribution is 7.98. The maximum absolute atomic E-state index is 13.5. The molecule has 0 aromatic heterocycles. The first-order valence-electron chi connectivity index (χ1n) is 12.5. The Hall–Kier alpha value is -3.27. The molecule has 1 rings (SSSR count). The van der Waals surface area contributed by atoms with Crippen molar-refractivity contribution in [2.45, 2.75) is 69.1 Å². The van der Waals surface area contributed by atoms with E-state index in [2.05, 4.69) is 20.6 Å². The first kappa shape index (κ1) is 32.8. The Labute approximate surface area is 226 Å². The molecule has 1 fully saturated rings. The molecule has 1 aliphatic rings. The molecule has 4 unspecified atom stereocenters. The second kappa shape index (κ2) is 17.3. The molecular weight excluding hydrogens is 516 g/mol. The molecule has 13 N–H and O–H groups in total. The Bertz CT molecular complexity index is 863. The van der Waals surface area contributed by atoms with E-state index in [1.165, 1.54) is 4.90 Å². The van der Waals surface area contributed by atoms with Crippen LogP contribution in [0.5, 0.6) is 0 Å². The fourth-order valence-electron chi connectivity index (χ4n) is 3.95. The zero-order valence-electron chi connectivity index (χ0n) is 21.8. The van der Waals surface area contributed by atoms with Gasteiger partial charge in [-0.15, -0.1) is 0 Å². The molecule has 0 spiro atoms. The topological polar surface area (TPSA) is 271 Å². The predicted octanol–water partition coefficient (Wildman–Crippen LogP) is -2.78. The Balaban J connectivity index is 2.93. The van der Waals surface area contributed by atoms with Gasteiger partial charge in [0.1, 0.15) is 18.1 Å². The number of nitrogens with zero attached hydrogens (tertiary/aromatic N) is 3. The molecule has 0 radical (unpaired) electrons. The van der Waals surface area contributed by atoms with Gasteiger partial charge in [-0.3, -0.25) is 24.4 Å². The van der Waals surface area contributed by atoms with Crippen molar-refractivity contribution in [2.24, 2.45) is 38.7 Å². The third-order valence-electron chi connectivity index (χ3n) is 5.93. The molecule has 1 aliphatic heterocycles. The van der Waals surface area contributed by atoms with Crippen LogP contribution >= 0.6 is 11.8 Å². The van der Waals surface area contributed by atoms with E-state index in [0.29, 0.717) is 37.9 Å². The highest BCUT2D eigenvalue weighted by Gasteiger charge is 2.39. The van der Waals surface area contributed by atoms with E-state index in [1.807, 2.05) is 6.26 Å². The second-order valence-electron chi connectivity index (χ2n) is 8.94. The highest BCUT2D eigenvalue weighted by Crippen LogP contribution is 2.20. The molecule has 1 saturated heterocycles. The number of nitrogens with two attached hydrogens (primary N) is 5. The van der Waals surface area contributed by atoms with E-state index in [4.69, 9.17) is 28.7 Å². The summed E-state index contributed by atoms with van der Waals surface area (Å²) >= 11 is 1.55. The number of hydrogen-bond donors (Lipinski definition) is 8. The van der Waals surface area contributed by atoms with Gasteiger partial charge in [-0.2, -0.15) is 11.8 Å². The summed E-state index contributed by atoms with van der Waals surface area (Å²) in [5.74, 6) is -2.20. The summed E-state index contributed by atoms with van der Waals surface area (Å²) in [6, 6.07) is -3.77. The highest BCUT2D eigenvalue weighted by atomic mass is 32.2. The van der Waals surface area contributed by atoms with Crippen LogP contribution in [0.1, 0.15) is 44.9 Å². The fraction of sp³-hybridized carbons (Fsp3) is 0.727. The number of carbonyl (C=O) groups is 4. The number of thioether (sulfide) groups is 1. The fourth-order valence-corrected chi connectivity index (χ4v) is 4.44. The summed E-state index contributed by atoms with van der Waals surface area (Å²) < 4.78 is 0. The number of carboxylic acids is 1. The zero-order valence-corrected chi connectivity index (χ0v) is 22.6. The second-order valence-corrected chi connectivity index (χ2v) is 9.92. The van der Waals surface area contributed by atoms with Gasteiger partial charge in [0.2, 0.25) is 17.7 Å². The van der Waals surface area contributed by atoms with Gasteiger partial charge in [-0.1, -0.05) is 0 Å². The number of guanidine groups is 2. The summed E-state index contributed by atoms with van der Waals surface area (Å²) in [7, 11) is 0. The number of amides is 3.